The summed E-state index contributed by atoms with van der Waals surface area (Å²) in [5, 5.41) is 12.9. The van der Waals surface area contributed by atoms with Crippen molar-refractivity contribution < 1.29 is 33.7 Å². The molecule has 0 saturated carbocycles. The maximum absolute atomic E-state index is 13.0. The smallest absolute Gasteiger partial charge is 0.410 e. The Morgan fingerprint density at radius 2 is 1.72 bits per heavy atom. The largest absolute Gasteiger partial charge is 0.493 e. The highest BCUT2D eigenvalue weighted by Crippen LogP contribution is 2.34. The van der Waals surface area contributed by atoms with Crippen LogP contribution in [0.3, 0.4) is 0 Å². The number of urea groups is 1. The van der Waals surface area contributed by atoms with Gasteiger partial charge in [-0.3, -0.25) is 0 Å². The Bertz CT molecular complexity index is 1450. The zero-order valence-corrected chi connectivity index (χ0v) is 24.5. The van der Waals surface area contributed by atoms with E-state index in [1.807, 2.05) is 72.5 Å². The summed E-state index contributed by atoms with van der Waals surface area (Å²) in [7, 11) is 1.53. The lowest BCUT2D eigenvalue weighted by Gasteiger charge is -2.37. The first-order chi connectivity index (χ1) is 20.8. The van der Waals surface area contributed by atoms with Gasteiger partial charge in [0.15, 0.2) is 11.5 Å². The first-order valence-corrected chi connectivity index (χ1v) is 14.5. The van der Waals surface area contributed by atoms with E-state index in [4.69, 9.17) is 14.2 Å². The van der Waals surface area contributed by atoms with Crippen LogP contribution in [0.5, 0.6) is 11.5 Å². The maximum Gasteiger partial charge on any atom is 0.410 e. The Kier molecular flexibility index (Phi) is 9.34. The van der Waals surface area contributed by atoms with Crippen molar-refractivity contribution in [2.75, 3.05) is 32.1 Å². The summed E-state index contributed by atoms with van der Waals surface area (Å²) < 4.78 is 17.1. The minimum absolute atomic E-state index is 0.0216. The van der Waals surface area contributed by atoms with Crippen LogP contribution in [-0.4, -0.2) is 71.9 Å². The number of aryl methyl sites for hydroxylation is 1. The van der Waals surface area contributed by atoms with Crippen molar-refractivity contribution in [2.45, 2.75) is 51.4 Å². The fourth-order valence-corrected chi connectivity index (χ4v) is 5.69. The fourth-order valence-electron chi connectivity index (χ4n) is 5.69. The standard InChI is InChI=1S/C33H37N3O7/c1-22-18-24(19-28(41-2)30(22)42-21-23-8-4-3-5-9-23)20-29(31(37)38)43-33(40)35-15-13-26(14-16-35)36-17-12-25-10-6-7-11-27(25)34-32(36)39/h3-11,18-19,26,29H,12-17,20-21H2,1-2H3,(H,34,39)(H,37,38). The predicted octanol–water partition coefficient (Wildman–Crippen LogP) is 5.27. The monoisotopic (exact) mass is 587 g/mol. The van der Waals surface area contributed by atoms with Gasteiger partial charge in [-0.05, 0) is 60.6 Å². The van der Waals surface area contributed by atoms with Crippen molar-refractivity contribution in [1.82, 2.24) is 9.80 Å². The molecule has 10 nitrogen and oxygen atoms in total. The number of para-hydroxylation sites is 1. The van der Waals surface area contributed by atoms with Crippen LogP contribution >= 0.6 is 0 Å². The summed E-state index contributed by atoms with van der Waals surface area (Å²) in [5.41, 5.74) is 4.37. The molecule has 0 bridgehead atoms. The number of nitrogens with zero attached hydrogens (tertiary/aromatic N) is 2. The number of benzene rings is 3. The topological polar surface area (TPSA) is 118 Å². The van der Waals surface area contributed by atoms with E-state index in [2.05, 4.69) is 5.32 Å². The minimum atomic E-state index is -1.37. The van der Waals surface area contributed by atoms with Gasteiger partial charge in [0.25, 0.3) is 0 Å². The van der Waals surface area contributed by atoms with Gasteiger partial charge in [0.05, 0.1) is 7.11 Å². The Balaban J connectivity index is 1.17. The number of fused-ring (bicyclic) bond motifs is 1. The SMILES string of the molecule is COc1cc(CC(OC(=O)N2CCC(N3CCc4ccccc4NC3=O)CC2)C(=O)O)cc(C)c1OCc1ccccc1. The van der Waals surface area contributed by atoms with E-state index in [1.54, 1.807) is 6.07 Å². The third-order valence-electron chi connectivity index (χ3n) is 7.99. The van der Waals surface area contributed by atoms with Crippen molar-refractivity contribution in [1.29, 1.82) is 0 Å². The number of hydrogen-bond donors (Lipinski definition) is 2. The van der Waals surface area contributed by atoms with Crippen LogP contribution < -0.4 is 14.8 Å². The number of anilines is 1. The van der Waals surface area contributed by atoms with E-state index < -0.39 is 18.2 Å². The first kappa shape index (κ1) is 29.8. The molecule has 0 aromatic heterocycles. The summed E-state index contributed by atoms with van der Waals surface area (Å²) in [6, 6.07) is 20.9. The number of carboxylic acids is 1. The van der Waals surface area contributed by atoms with Gasteiger partial charge in [0.2, 0.25) is 6.10 Å². The zero-order chi connectivity index (χ0) is 30.3. The average molecular weight is 588 g/mol. The molecule has 2 aliphatic heterocycles. The van der Waals surface area contributed by atoms with E-state index in [-0.39, 0.29) is 18.5 Å². The molecule has 1 atom stereocenters. The second-order valence-electron chi connectivity index (χ2n) is 10.9. The summed E-state index contributed by atoms with van der Waals surface area (Å²) in [5.74, 6) is -0.182. The number of ether oxygens (including phenoxy) is 3. The molecule has 0 spiro atoms. The predicted molar refractivity (Wildman–Crippen MR) is 161 cm³/mol. The third-order valence-corrected chi connectivity index (χ3v) is 7.99. The van der Waals surface area contributed by atoms with E-state index in [0.29, 0.717) is 56.1 Å². The molecular weight excluding hydrogens is 550 g/mol. The number of carbonyl (C=O) groups is 3. The average Bonchev–Trinajstić information content (AvgIpc) is 3.18. The van der Waals surface area contributed by atoms with Crippen LogP contribution in [0.1, 0.15) is 35.1 Å². The second-order valence-corrected chi connectivity index (χ2v) is 10.9. The van der Waals surface area contributed by atoms with E-state index in [1.165, 1.54) is 12.0 Å². The van der Waals surface area contributed by atoms with Gasteiger partial charge in [-0.15, -0.1) is 0 Å². The number of carbonyl (C=O) groups excluding carboxylic acids is 2. The lowest BCUT2D eigenvalue weighted by Crippen LogP contribution is -2.50. The number of likely N-dealkylation sites (tertiary alicyclic amines) is 1. The molecular formula is C33H37N3O7. The van der Waals surface area contributed by atoms with Crippen molar-refractivity contribution in [3.05, 3.63) is 89.0 Å². The third kappa shape index (κ3) is 7.20. The molecule has 3 amide bonds. The van der Waals surface area contributed by atoms with Crippen LogP contribution in [0, 0.1) is 6.92 Å². The molecule has 2 aliphatic rings. The molecule has 2 N–H and O–H groups in total. The van der Waals surface area contributed by atoms with Gasteiger partial charge in [-0.1, -0.05) is 54.6 Å². The molecule has 43 heavy (non-hydrogen) atoms. The summed E-state index contributed by atoms with van der Waals surface area (Å²) >= 11 is 0. The highest BCUT2D eigenvalue weighted by Gasteiger charge is 2.33. The minimum Gasteiger partial charge on any atom is -0.493 e. The Hall–Kier alpha value is -4.73. The van der Waals surface area contributed by atoms with Crippen LogP contribution in [0.15, 0.2) is 66.7 Å². The molecule has 226 valence electrons. The van der Waals surface area contributed by atoms with Gasteiger partial charge in [0.1, 0.15) is 6.61 Å². The Labute approximate surface area is 251 Å². The van der Waals surface area contributed by atoms with Gasteiger partial charge < -0.3 is 34.4 Å². The number of carboxylic acid groups (broad SMARTS) is 1. The number of nitrogens with one attached hydrogen (secondary N) is 1. The number of aliphatic carboxylic acids is 1. The molecule has 3 aromatic rings. The fraction of sp³-hybridized carbons (Fsp3) is 0.364. The van der Waals surface area contributed by atoms with E-state index in [0.717, 1.165) is 28.8 Å². The Morgan fingerprint density at radius 1 is 1.00 bits per heavy atom. The van der Waals surface area contributed by atoms with Gasteiger partial charge in [-0.25, -0.2) is 14.4 Å². The Morgan fingerprint density at radius 3 is 2.44 bits per heavy atom. The van der Waals surface area contributed by atoms with Gasteiger partial charge in [0, 0.05) is 37.8 Å². The lowest BCUT2D eigenvalue weighted by atomic mass is 10.0. The number of amides is 3. The molecule has 3 aromatic carbocycles. The van der Waals surface area contributed by atoms with Gasteiger partial charge in [-0.2, -0.15) is 0 Å². The molecule has 1 unspecified atom stereocenters. The molecule has 0 aliphatic carbocycles. The summed E-state index contributed by atoms with van der Waals surface area (Å²) in [6.07, 6.45) is -0.163. The number of hydrogen-bond acceptors (Lipinski definition) is 6. The van der Waals surface area contributed by atoms with Gasteiger partial charge >= 0.3 is 18.1 Å². The molecule has 1 saturated heterocycles. The zero-order valence-electron chi connectivity index (χ0n) is 24.5. The van der Waals surface area contributed by atoms with Crippen molar-refractivity contribution >= 4 is 23.8 Å². The van der Waals surface area contributed by atoms with Crippen molar-refractivity contribution in [3.8, 4) is 11.5 Å². The van der Waals surface area contributed by atoms with E-state index in [9.17, 15) is 19.5 Å². The lowest BCUT2D eigenvalue weighted by molar-refractivity contribution is -0.147. The molecule has 10 heteroatoms. The summed E-state index contributed by atoms with van der Waals surface area (Å²) in [6.45, 7) is 3.55. The molecule has 5 rings (SSSR count). The van der Waals surface area contributed by atoms with Crippen LogP contribution in [-0.2, 0) is 29.0 Å². The van der Waals surface area contributed by atoms with Crippen LogP contribution in [0.2, 0.25) is 0 Å². The van der Waals surface area contributed by atoms with E-state index >= 15 is 0 Å². The normalized spacial score (nSPS) is 16.0. The van der Waals surface area contributed by atoms with Crippen molar-refractivity contribution in [2.24, 2.45) is 0 Å². The van der Waals surface area contributed by atoms with Crippen LogP contribution in [0.25, 0.3) is 0 Å². The van der Waals surface area contributed by atoms with Crippen LogP contribution in [0.4, 0.5) is 15.3 Å². The number of piperidine rings is 1. The molecule has 1 fully saturated rings. The van der Waals surface area contributed by atoms with Crippen molar-refractivity contribution in [3.63, 3.8) is 0 Å². The number of methoxy groups -OCH3 is 1. The summed E-state index contributed by atoms with van der Waals surface area (Å²) in [4.78, 5) is 41.4. The molecule has 0 radical (unpaired) electrons. The highest BCUT2D eigenvalue weighted by atomic mass is 16.6. The maximum atomic E-state index is 13.0. The first-order valence-electron chi connectivity index (χ1n) is 14.5. The molecule has 2 heterocycles. The number of rotatable bonds is 9. The quantitative estimate of drug-likeness (QED) is 0.350. The second kappa shape index (κ2) is 13.5. The highest BCUT2D eigenvalue weighted by molar-refractivity contribution is 5.91.